The van der Waals surface area contributed by atoms with Crippen molar-refractivity contribution in [3.8, 4) is 0 Å². The van der Waals surface area contributed by atoms with Gasteiger partial charge in [0.1, 0.15) is 0 Å². The third-order valence-electron chi connectivity index (χ3n) is 3.79. The quantitative estimate of drug-likeness (QED) is 0.882. The van der Waals surface area contributed by atoms with E-state index in [1.807, 2.05) is 12.3 Å². The third-order valence-corrected chi connectivity index (χ3v) is 4.61. The average molecular weight is 282 g/mol. The van der Waals surface area contributed by atoms with Crippen LogP contribution >= 0.6 is 11.3 Å². The lowest BCUT2D eigenvalue weighted by molar-refractivity contribution is -0.149. The number of aromatic nitrogens is 1. The van der Waals surface area contributed by atoms with Crippen LogP contribution in [-0.4, -0.2) is 28.0 Å². The molecule has 1 aromatic heterocycles. The molecule has 1 aliphatic rings. The molecule has 0 aromatic carbocycles. The number of carboxylic acid groups (broad SMARTS) is 1. The van der Waals surface area contributed by atoms with Crippen LogP contribution in [0.15, 0.2) is 5.38 Å². The van der Waals surface area contributed by atoms with E-state index in [0.29, 0.717) is 6.42 Å². The van der Waals surface area contributed by atoms with E-state index in [0.717, 1.165) is 23.5 Å². The van der Waals surface area contributed by atoms with Gasteiger partial charge in [-0.25, -0.2) is 4.98 Å². The highest BCUT2D eigenvalue weighted by Crippen LogP contribution is 2.38. The van der Waals surface area contributed by atoms with Gasteiger partial charge in [-0.05, 0) is 26.7 Å². The minimum Gasteiger partial charge on any atom is -0.481 e. The average Bonchev–Trinajstić information content (AvgIpc) is 2.87. The molecule has 1 aliphatic carbocycles. The Labute approximate surface area is 116 Å². The van der Waals surface area contributed by atoms with Gasteiger partial charge in [0.05, 0.1) is 22.5 Å². The van der Waals surface area contributed by atoms with E-state index in [1.165, 1.54) is 11.3 Å². The number of thiazole rings is 1. The summed E-state index contributed by atoms with van der Waals surface area (Å²) in [6.07, 6.45) is 2.40. The molecule has 0 saturated heterocycles. The monoisotopic (exact) mass is 282 g/mol. The smallest absolute Gasteiger partial charge is 0.311 e. The highest BCUT2D eigenvalue weighted by Gasteiger charge is 2.45. The maximum atomic E-state index is 11.9. The molecule has 0 radical (unpaired) electrons. The number of hydrogen-bond acceptors (Lipinski definition) is 4. The van der Waals surface area contributed by atoms with Crippen molar-refractivity contribution in [3.63, 3.8) is 0 Å². The zero-order valence-corrected chi connectivity index (χ0v) is 11.9. The van der Waals surface area contributed by atoms with Crippen LogP contribution in [0.4, 0.5) is 0 Å². The lowest BCUT2D eigenvalue weighted by Crippen LogP contribution is -2.47. The molecule has 0 aliphatic heterocycles. The molecule has 2 atom stereocenters. The number of nitrogens with zero attached hydrogens (tertiary/aromatic N) is 1. The molecule has 5 nitrogen and oxygen atoms in total. The van der Waals surface area contributed by atoms with Crippen molar-refractivity contribution in [1.82, 2.24) is 10.3 Å². The first kappa shape index (κ1) is 14.0. The van der Waals surface area contributed by atoms with Gasteiger partial charge >= 0.3 is 5.97 Å². The van der Waals surface area contributed by atoms with Crippen LogP contribution < -0.4 is 5.32 Å². The number of nitrogens with one attached hydrogen (secondary N) is 1. The first-order chi connectivity index (χ1) is 8.91. The number of aryl methyl sites for hydroxylation is 1. The number of rotatable bonds is 4. The zero-order valence-electron chi connectivity index (χ0n) is 11.1. The second-order valence-corrected chi connectivity index (χ2v) is 6.33. The van der Waals surface area contributed by atoms with Gasteiger partial charge in [0.15, 0.2) is 0 Å². The van der Waals surface area contributed by atoms with Crippen LogP contribution in [0.2, 0.25) is 0 Å². The number of aliphatic carboxylic acids is 1. The maximum Gasteiger partial charge on any atom is 0.311 e. The Balaban J connectivity index is 1.97. The van der Waals surface area contributed by atoms with E-state index in [9.17, 15) is 14.7 Å². The Hall–Kier alpha value is -1.43. The summed E-state index contributed by atoms with van der Waals surface area (Å²) in [7, 11) is 0. The van der Waals surface area contributed by atoms with Gasteiger partial charge in [-0.1, -0.05) is 6.42 Å². The summed E-state index contributed by atoms with van der Waals surface area (Å²) >= 11 is 1.51. The number of carbonyl (C=O) groups excluding carboxylic acids is 1. The van der Waals surface area contributed by atoms with E-state index in [4.69, 9.17) is 0 Å². The Morgan fingerprint density at radius 2 is 2.37 bits per heavy atom. The summed E-state index contributed by atoms with van der Waals surface area (Å²) < 4.78 is 0. The second-order valence-electron chi connectivity index (χ2n) is 5.27. The third kappa shape index (κ3) is 2.94. The number of hydrogen-bond donors (Lipinski definition) is 2. The highest BCUT2D eigenvalue weighted by molar-refractivity contribution is 7.09. The Morgan fingerprint density at radius 1 is 1.63 bits per heavy atom. The molecule has 1 heterocycles. The topological polar surface area (TPSA) is 79.3 Å². The summed E-state index contributed by atoms with van der Waals surface area (Å²) in [5.41, 5.74) is -0.0942. The van der Waals surface area contributed by atoms with Crippen LogP contribution in [0.5, 0.6) is 0 Å². The summed E-state index contributed by atoms with van der Waals surface area (Å²) in [5, 5.41) is 14.9. The van der Waals surface area contributed by atoms with Gasteiger partial charge in [0, 0.05) is 11.4 Å². The summed E-state index contributed by atoms with van der Waals surface area (Å²) in [6, 6.07) is -0.280. The van der Waals surface area contributed by atoms with Gasteiger partial charge in [-0.2, -0.15) is 0 Å². The maximum absolute atomic E-state index is 11.9. The minimum atomic E-state index is -0.840. The van der Waals surface area contributed by atoms with Crippen LogP contribution in [0.25, 0.3) is 0 Å². The van der Waals surface area contributed by atoms with Crippen LogP contribution in [0.1, 0.15) is 36.9 Å². The van der Waals surface area contributed by atoms with Crippen LogP contribution in [0.3, 0.4) is 0 Å². The van der Waals surface area contributed by atoms with Gasteiger partial charge in [-0.3, -0.25) is 9.59 Å². The largest absolute Gasteiger partial charge is 0.481 e. The standard InChI is InChI=1S/C13H18N2O3S/c1-8-14-9(7-19-8)6-11(16)15-10-4-3-5-13(10,2)12(17)18/h7,10H,3-6H2,1-2H3,(H,15,16)(H,17,18). The summed E-state index contributed by atoms with van der Waals surface area (Å²) in [6.45, 7) is 3.60. The van der Waals surface area contributed by atoms with Gasteiger partial charge < -0.3 is 10.4 Å². The van der Waals surface area contributed by atoms with Crippen molar-refractivity contribution in [3.05, 3.63) is 16.1 Å². The van der Waals surface area contributed by atoms with Crippen molar-refractivity contribution in [2.75, 3.05) is 0 Å². The molecule has 19 heavy (non-hydrogen) atoms. The van der Waals surface area contributed by atoms with E-state index in [2.05, 4.69) is 10.3 Å². The summed E-state index contributed by atoms with van der Waals surface area (Å²) in [4.78, 5) is 27.5. The predicted octanol–water partition coefficient (Wildman–Crippen LogP) is 1.75. The van der Waals surface area contributed by atoms with Gasteiger partial charge in [-0.15, -0.1) is 11.3 Å². The molecule has 6 heteroatoms. The molecule has 0 bridgehead atoms. The molecule has 104 valence electrons. The molecule has 2 rings (SSSR count). The zero-order chi connectivity index (χ0) is 14.0. The Kier molecular flexibility index (Phi) is 3.89. The molecule has 1 amide bonds. The fraction of sp³-hybridized carbons (Fsp3) is 0.615. The molecule has 0 spiro atoms. The van der Waals surface area contributed by atoms with Crippen molar-refractivity contribution < 1.29 is 14.7 Å². The predicted molar refractivity (Wildman–Crippen MR) is 72.1 cm³/mol. The SMILES string of the molecule is Cc1nc(CC(=O)NC2CCCC2(C)C(=O)O)cs1. The first-order valence-corrected chi connectivity index (χ1v) is 7.23. The fourth-order valence-electron chi connectivity index (χ4n) is 2.55. The lowest BCUT2D eigenvalue weighted by atomic mass is 9.85. The first-order valence-electron chi connectivity index (χ1n) is 6.35. The van der Waals surface area contributed by atoms with E-state index >= 15 is 0 Å². The van der Waals surface area contributed by atoms with Crippen molar-refractivity contribution in [2.45, 2.75) is 45.6 Å². The highest BCUT2D eigenvalue weighted by atomic mass is 32.1. The molecule has 1 aromatic rings. The van der Waals surface area contributed by atoms with Gasteiger partial charge in [0.2, 0.25) is 5.91 Å². The van der Waals surface area contributed by atoms with Crippen molar-refractivity contribution in [1.29, 1.82) is 0 Å². The van der Waals surface area contributed by atoms with Crippen LogP contribution in [0, 0.1) is 12.3 Å². The molecular formula is C13H18N2O3S. The molecular weight excluding hydrogens is 264 g/mol. The Morgan fingerprint density at radius 3 is 2.95 bits per heavy atom. The molecule has 2 unspecified atom stereocenters. The molecule has 1 fully saturated rings. The van der Waals surface area contributed by atoms with Crippen molar-refractivity contribution >= 4 is 23.2 Å². The molecule has 1 saturated carbocycles. The van der Waals surface area contributed by atoms with E-state index in [1.54, 1.807) is 6.92 Å². The number of amides is 1. The van der Waals surface area contributed by atoms with Crippen molar-refractivity contribution in [2.24, 2.45) is 5.41 Å². The van der Waals surface area contributed by atoms with Gasteiger partial charge in [0.25, 0.3) is 0 Å². The summed E-state index contributed by atoms with van der Waals surface area (Å²) in [5.74, 6) is -0.982. The second kappa shape index (κ2) is 5.28. The normalized spacial score (nSPS) is 26.3. The number of carbonyl (C=O) groups is 2. The minimum absolute atomic E-state index is 0.148. The van der Waals surface area contributed by atoms with E-state index < -0.39 is 11.4 Å². The molecule has 2 N–H and O–H groups in total. The fourth-order valence-corrected chi connectivity index (χ4v) is 3.17. The Bertz CT molecular complexity index is 500. The number of carboxylic acids is 1. The lowest BCUT2D eigenvalue weighted by Gasteiger charge is -2.27. The van der Waals surface area contributed by atoms with E-state index in [-0.39, 0.29) is 18.4 Å². The van der Waals surface area contributed by atoms with Crippen LogP contribution in [-0.2, 0) is 16.0 Å².